The molecular formula is C21H23F4N4O2S+. The Balaban J connectivity index is 2.33. The molecule has 0 fully saturated rings. The van der Waals surface area contributed by atoms with E-state index in [1.165, 1.54) is 49.0 Å². The predicted octanol–water partition coefficient (Wildman–Crippen LogP) is 3.38. The highest BCUT2D eigenvalue weighted by atomic mass is 32.2. The third-order valence-corrected chi connectivity index (χ3v) is 6.85. The van der Waals surface area contributed by atoms with Gasteiger partial charge in [-0.3, -0.25) is 0 Å². The number of hydrogen-bond acceptors (Lipinski definition) is 3. The van der Waals surface area contributed by atoms with Gasteiger partial charge in [-0.2, -0.15) is 13.2 Å². The summed E-state index contributed by atoms with van der Waals surface area (Å²) in [6.07, 6.45) is -3.39. The molecule has 0 unspecified atom stereocenters. The van der Waals surface area contributed by atoms with Crippen LogP contribution in [0, 0.1) is 6.92 Å². The maximum absolute atomic E-state index is 14.3. The minimum atomic E-state index is -4.67. The normalized spacial score (nSPS) is 13.3. The molecule has 0 radical (unpaired) electrons. The molecule has 0 spiro atoms. The molecule has 0 bridgehead atoms. The number of halogens is 4. The number of sulfonamides is 1. The Bertz CT molecular complexity index is 1300. The van der Waals surface area contributed by atoms with E-state index in [1.807, 2.05) is 0 Å². The number of pyridine rings is 1. The molecule has 0 aliphatic rings. The van der Waals surface area contributed by atoms with Crippen molar-refractivity contribution >= 4 is 21.1 Å². The van der Waals surface area contributed by atoms with Crippen LogP contribution in [0.2, 0.25) is 0 Å². The maximum atomic E-state index is 14.3. The monoisotopic (exact) mass is 471 g/mol. The van der Waals surface area contributed by atoms with Crippen molar-refractivity contribution in [2.75, 3.05) is 20.6 Å². The first-order valence-corrected chi connectivity index (χ1v) is 11.1. The summed E-state index contributed by atoms with van der Waals surface area (Å²) in [5.74, 6) is -0.490. The highest BCUT2D eigenvalue weighted by molar-refractivity contribution is 7.89. The van der Waals surface area contributed by atoms with Crippen LogP contribution >= 0.6 is 0 Å². The largest absolute Gasteiger partial charge is 0.433 e. The van der Waals surface area contributed by atoms with Crippen molar-refractivity contribution in [1.82, 2.24) is 13.9 Å². The van der Waals surface area contributed by atoms with Crippen LogP contribution in [0.1, 0.15) is 11.4 Å². The molecular weight excluding hydrogens is 448 g/mol. The van der Waals surface area contributed by atoms with Gasteiger partial charge in [0.1, 0.15) is 11.5 Å². The zero-order valence-electron chi connectivity index (χ0n) is 17.7. The van der Waals surface area contributed by atoms with Crippen LogP contribution in [0.5, 0.6) is 0 Å². The molecule has 0 aliphatic carbocycles. The van der Waals surface area contributed by atoms with Gasteiger partial charge in [0.05, 0.1) is 29.0 Å². The van der Waals surface area contributed by atoms with Crippen molar-refractivity contribution in [3.05, 3.63) is 59.7 Å². The summed E-state index contributed by atoms with van der Waals surface area (Å²) in [7, 11) is -1.01. The van der Waals surface area contributed by atoms with Crippen LogP contribution in [0.3, 0.4) is 0 Å². The van der Waals surface area contributed by atoms with Gasteiger partial charge in [-0.15, -0.1) is 0 Å². The minimum absolute atomic E-state index is 0.0131. The first-order valence-electron chi connectivity index (χ1n) is 9.61. The topological polar surface area (TPSA) is 82.8 Å². The van der Waals surface area contributed by atoms with Crippen molar-refractivity contribution in [1.29, 1.82) is 0 Å². The average molecular weight is 472 g/mol. The average Bonchev–Trinajstić information content (AvgIpc) is 2.98. The molecule has 1 aromatic carbocycles. The van der Waals surface area contributed by atoms with Crippen molar-refractivity contribution in [2.45, 2.75) is 24.5 Å². The lowest BCUT2D eigenvalue weighted by Gasteiger charge is -2.13. The number of rotatable bonds is 6. The van der Waals surface area contributed by atoms with Gasteiger partial charge in [0.25, 0.3) is 0 Å². The first kappa shape index (κ1) is 23.9. The molecule has 0 saturated heterocycles. The summed E-state index contributed by atoms with van der Waals surface area (Å²) in [4.78, 5) is 3.81. The van der Waals surface area contributed by atoms with Gasteiger partial charge < -0.3 is 10.3 Å². The number of alkyl halides is 3. The molecule has 2 heterocycles. The lowest BCUT2D eigenvalue weighted by molar-refractivity contribution is -0.353. The predicted molar refractivity (Wildman–Crippen MR) is 113 cm³/mol. The molecule has 3 N–H and O–H groups in total. The van der Waals surface area contributed by atoms with E-state index in [-0.39, 0.29) is 23.5 Å². The highest BCUT2D eigenvalue weighted by Gasteiger charge is 2.33. The van der Waals surface area contributed by atoms with Gasteiger partial charge in [-0.25, -0.2) is 22.1 Å². The number of fused-ring (bicyclic) bond motifs is 1. The Morgan fingerprint density at radius 3 is 2.50 bits per heavy atom. The summed E-state index contributed by atoms with van der Waals surface area (Å²) >= 11 is 0. The zero-order chi connectivity index (χ0) is 23.8. The molecule has 11 heteroatoms. The number of quaternary nitrogens is 1. The van der Waals surface area contributed by atoms with Crippen molar-refractivity contribution in [3.8, 4) is 11.1 Å². The Morgan fingerprint density at radius 2 is 1.91 bits per heavy atom. The van der Waals surface area contributed by atoms with E-state index in [9.17, 15) is 26.0 Å². The number of allylic oxidation sites excluding steroid dienone is 1. The summed E-state index contributed by atoms with van der Waals surface area (Å²) in [6, 6.07) is 7.97. The molecule has 172 valence electrons. The SMILES string of the molecule is Cc1c(-c2cccc(S(=O)(=O)N(C)C)c2)c2nc(C(F)(F)F)ccc2n1C/C(F)=C/C[NH3+]. The van der Waals surface area contributed by atoms with E-state index in [4.69, 9.17) is 0 Å². The number of aromatic nitrogens is 2. The summed E-state index contributed by atoms with van der Waals surface area (Å²) in [5.41, 5.74) is 3.93. The van der Waals surface area contributed by atoms with Crippen LogP contribution in [-0.4, -0.2) is 42.9 Å². The van der Waals surface area contributed by atoms with Gasteiger partial charge in [-0.05, 0) is 36.8 Å². The maximum Gasteiger partial charge on any atom is 0.433 e. The fourth-order valence-corrected chi connectivity index (χ4v) is 4.39. The van der Waals surface area contributed by atoms with E-state index in [2.05, 4.69) is 10.7 Å². The van der Waals surface area contributed by atoms with E-state index in [0.717, 1.165) is 10.4 Å². The summed E-state index contributed by atoms with van der Waals surface area (Å²) in [6.45, 7) is 1.65. The van der Waals surface area contributed by atoms with E-state index >= 15 is 0 Å². The molecule has 2 aromatic heterocycles. The molecule has 0 saturated carbocycles. The van der Waals surface area contributed by atoms with Crippen LogP contribution in [0.4, 0.5) is 17.6 Å². The second kappa shape index (κ2) is 8.64. The lowest BCUT2D eigenvalue weighted by Crippen LogP contribution is -2.49. The molecule has 0 amide bonds. The van der Waals surface area contributed by atoms with Gasteiger partial charge in [0.15, 0.2) is 0 Å². The second-order valence-electron chi connectivity index (χ2n) is 7.36. The van der Waals surface area contributed by atoms with Crippen molar-refractivity contribution in [3.63, 3.8) is 0 Å². The third kappa shape index (κ3) is 4.41. The molecule has 6 nitrogen and oxygen atoms in total. The summed E-state index contributed by atoms with van der Waals surface area (Å²) < 4.78 is 82.0. The van der Waals surface area contributed by atoms with Gasteiger partial charge in [-0.1, -0.05) is 12.1 Å². The van der Waals surface area contributed by atoms with Gasteiger partial charge in [0, 0.05) is 31.4 Å². The fourth-order valence-electron chi connectivity index (χ4n) is 3.44. The zero-order valence-corrected chi connectivity index (χ0v) is 18.6. The Morgan fingerprint density at radius 1 is 1.22 bits per heavy atom. The molecule has 3 aromatic rings. The standard InChI is InChI=1S/C21H22F4N4O2S/c1-13-19(14-5-4-6-16(11-14)32(30,31)28(2)3)20-17(29(13)12-15(22)9-10-26)7-8-18(27-20)21(23,24)25/h4-9,11H,10,12,26H2,1-3H3/p+1/b15-9-. The van der Waals surface area contributed by atoms with Crippen LogP contribution in [0.25, 0.3) is 22.2 Å². The highest BCUT2D eigenvalue weighted by Crippen LogP contribution is 2.37. The molecule has 3 rings (SSSR count). The second-order valence-corrected chi connectivity index (χ2v) is 9.52. The quantitative estimate of drug-likeness (QED) is 0.560. The minimum Gasteiger partial charge on any atom is -0.354 e. The third-order valence-electron chi connectivity index (χ3n) is 5.03. The van der Waals surface area contributed by atoms with Crippen LogP contribution < -0.4 is 5.73 Å². The number of nitrogens with zero attached hydrogens (tertiary/aromatic N) is 3. The molecule has 32 heavy (non-hydrogen) atoms. The Kier molecular flexibility index (Phi) is 6.45. The smallest absolute Gasteiger partial charge is 0.354 e. The molecule has 0 atom stereocenters. The van der Waals surface area contributed by atoms with Crippen molar-refractivity contribution < 1.29 is 31.7 Å². The van der Waals surface area contributed by atoms with Crippen LogP contribution in [0.15, 0.2) is 53.2 Å². The summed E-state index contributed by atoms with van der Waals surface area (Å²) in [5, 5.41) is 0. The fraction of sp³-hybridized carbons (Fsp3) is 0.286. The Hall–Kier alpha value is -2.76. The lowest BCUT2D eigenvalue weighted by atomic mass is 10.0. The first-order chi connectivity index (χ1) is 14.9. The number of benzene rings is 1. The number of hydrogen-bond donors (Lipinski definition) is 1. The molecule has 0 aliphatic heterocycles. The van der Waals surface area contributed by atoms with E-state index in [1.54, 1.807) is 13.0 Å². The van der Waals surface area contributed by atoms with Gasteiger partial charge in [0.2, 0.25) is 10.0 Å². The van der Waals surface area contributed by atoms with E-state index in [0.29, 0.717) is 22.3 Å². The Labute approximate surface area is 183 Å². The van der Waals surface area contributed by atoms with E-state index < -0.39 is 27.7 Å². The van der Waals surface area contributed by atoms with Gasteiger partial charge >= 0.3 is 6.18 Å². The van der Waals surface area contributed by atoms with Crippen LogP contribution in [-0.2, 0) is 22.7 Å². The van der Waals surface area contributed by atoms with Crippen molar-refractivity contribution in [2.24, 2.45) is 0 Å².